The molecule has 3 heterocycles. The Labute approximate surface area is 114 Å². The second kappa shape index (κ2) is 4.31. The largest absolute Gasteiger partial charge is 0.360 e. The van der Waals surface area contributed by atoms with Gasteiger partial charge in [0.15, 0.2) is 0 Å². The van der Waals surface area contributed by atoms with Gasteiger partial charge in [0.2, 0.25) is 5.82 Å². The van der Waals surface area contributed by atoms with E-state index in [-0.39, 0.29) is 0 Å². The second-order valence-electron chi connectivity index (χ2n) is 4.39. The minimum Gasteiger partial charge on any atom is -0.360 e. The van der Waals surface area contributed by atoms with Gasteiger partial charge in [-0.2, -0.15) is 4.98 Å². The molecule has 0 bridgehead atoms. The zero-order chi connectivity index (χ0) is 13.4. The van der Waals surface area contributed by atoms with Gasteiger partial charge in [0, 0.05) is 23.3 Å². The zero-order valence-corrected chi connectivity index (χ0v) is 10.4. The van der Waals surface area contributed by atoms with E-state index >= 15 is 0 Å². The Morgan fingerprint density at radius 1 is 1.00 bits per heavy atom. The predicted molar refractivity (Wildman–Crippen MR) is 74.8 cm³/mol. The first-order valence-corrected chi connectivity index (χ1v) is 6.23. The van der Waals surface area contributed by atoms with E-state index < -0.39 is 0 Å². The fraction of sp³-hybridized carbons (Fsp3) is 0. The Bertz CT molecular complexity index is 864. The van der Waals surface area contributed by atoms with Crippen molar-refractivity contribution < 1.29 is 4.52 Å². The SMILES string of the molecule is c1ccc(-c2noc(-c3c[nH]c4ccccc34)n2)nc1. The Hall–Kier alpha value is -2.95. The van der Waals surface area contributed by atoms with Gasteiger partial charge in [-0.25, -0.2) is 0 Å². The Morgan fingerprint density at radius 2 is 1.90 bits per heavy atom. The molecule has 0 unspecified atom stereocenters. The average Bonchev–Trinajstić information content (AvgIpc) is 3.14. The van der Waals surface area contributed by atoms with Gasteiger partial charge in [0.05, 0.1) is 5.56 Å². The second-order valence-corrected chi connectivity index (χ2v) is 4.39. The van der Waals surface area contributed by atoms with E-state index in [9.17, 15) is 0 Å². The number of H-pyrrole nitrogens is 1. The number of aromatic amines is 1. The lowest BCUT2D eigenvalue weighted by Gasteiger charge is -1.91. The van der Waals surface area contributed by atoms with Crippen molar-refractivity contribution in [3.05, 3.63) is 54.9 Å². The summed E-state index contributed by atoms with van der Waals surface area (Å²) in [6.45, 7) is 0. The summed E-state index contributed by atoms with van der Waals surface area (Å²) in [5.74, 6) is 0.981. The molecule has 0 aliphatic carbocycles. The highest BCUT2D eigenvalue weighted by molar-refractivity contribution is 5.93. The molecule has 5 nitrogen and oxygen atoms in total. The summed E-state index contributed by atoms with van der Waals surface area (Å²) in [5.41, 5.74) is 2.64. The molecule has 4 rings (SSSR count). The standard InChI is InChI=1S/C15H10N4O/c1-2-6-12-10(5-1)11(9-17-12)15-18-14(19-20-15)13-7-3-4-8-16-13/h1-9,17H. The van der Waals surface area contributed by atoms with Crippen molar-refractivity contribution in [2.45, 2.75) is 0 Å². The first-order valence-electron chi connectivity index (χ1n) is 6.23. The molecule has 3 aromatic heterocycles. The molecule has 96 valence electrons. The highest BCUT2D eigenvalue weighted by Gasteiger charge is 2.14. The number of hydrogen-bond donors (Lipinski definition) is 1. The van der Waals surface area contributed by atoms with Gasteiger partial charge in [-0.05, 0) is 18.2 Å². The van der Waals surface area contributed by atoms with E-state index in [1.54, 1.807) is 6.20 Å². The van der Waals surface area contributed by atoms with Gasteiger partial charge >= 0.3 is 0 Å². The van der Waals surface area contributed by atoms with Crippen LogP contribution in [0.2, 0.25) is 0 Å². The summed E-state index contributed by atoms with van der Waals surface area (Å²) in [6.07, 6.45) is 3.58. The number of rotatable bonds is 2. The maximum absolute atomic E-state index is 5.35. The van der Waals surface area contributed by atoms with Gasteiger partial charge in [0.25, 0.3) is 5.89 Å². The normalized spacial score (nSPS) is 11.0. The fourth-order valence-corrected chi connectivity index (χ4v) is 2.18. The minimum atomic E-state index is 0.489. The van der Waals surface area contributed by atoms with Crippen molar-refractivity contribution >= 4 is 10.9 Å². The molecule has 0 aliphatic heterocycles. The van der Waals surface area contributed by atoms with Crippen LogP contribution < -0.4 is 0 Å². The van der Waals surface area contributed by atoms with E-state index in [0.29, 0.717) is 17.4 Å². The third-order valence-electron chi connectivity index (χ3n) is 3.14. The maximum Gasteiger partial charge on any atom is 0.260 e. The highest BCUT2D eigenvalue weighted by atomic mass is 16.5. The number of aromatic nitrogens is 4. The summed E-state index contributed by atoms with van der Waals surface area (Å²) in [7, 11) is 0. The fourth-order valence-electron chi connectivity index (χ4n) is 2.18. The smallest absolute Gasteiger partial charge is 0.260 e. The number of nitrogens with zero attached hydrogens (tertiary/aromatic N) is 3. The van der Waals surface area contributed by atoms with Crippen LogP contribution in [0.1, 0.15) is 0 Å². The Kier molecular flexibility index (Phi) is 2.35. The Balaban J connectivity index is 1.82. The maximum atomic E-state index is 5.35. The molecule has 0 atom stereocenters. The lowest BCUT2D eigenvalue weighted by molar-refractivity contribution is 0.432. The van der Waals surface area contributed by atoms with E-state index in [4.69, 9.17) is 4.52 Å². The number of fused-ring (bicyclic) bond motifs is 1. The van der Waals surface area contributed by atoms with Crippen LogP contribution >= 0.6 is 0 Å². The number of nitrogens with one attached hydrogen (secondary N) is 1. The van der Waals surface area contributed by atoms with Gasteiger partial charge in [-0.1, -0.05) is 29.4 Å². The lowest BCUT2D eigenvalue weighted by Crippen LogP contribution is -1.83. The molecule has 5 heteroatoms. The molecule has 0 fully saturated rings. The van der Waals surface area contributed by atoms with Gasteiger partial charge in [0.1, 0.15) is 5.69 Å². The van der Waals surface area contributed by atoms with E-state index in [0.717, 1.165) is 16.5 Å². The van der Waals surface area contributed by atoms with E-state index in [1.165, 1.54) is 0 Å². The first kappa shape index (κ1) is 10.9. The molecular weight excluding hydrogens is 252 g/mol. The number of benzene rings is 1. The molecule has 0 radical (unpaired) electrons. The van der Waals surface area contributed by atoms with Crippen LogP contribution in [-0.2, 0) is 0 Å². The van der Waals surface area contributed by atoms with E-state index in [1.807, 2.05) is 48.7 Å². The van der Waals surface area contributed by atoms with Gasteiger partial charge in [-0.15, -0.1) is 0 Å². The van der Waals surface area contributed by atoms with Crippen LogP contribution in [0, 0.1) is 0 Å². The predicted octanol–water partition coefficient (Wildman–Crippen LogP) is 3.28. The number of hydrogen-bond acceptors (Lipinski definition) is 4. The lowest BCUT2D eigenvalue weighted by atomic mass is 10.2. The summed E-state index contributed by atoms with van der Waals surface area (Å²) >= 11 is 0. The van der Waals surface area contributed by atoms with Crippen LogP contribution in [0.15, 0.2) is 59.4 Å². The third-order valence-corrected chi connectivity index (χ3v) is 3.14. The van der Waals surface area contributed by atoms with Crippen molar-refractivity contribution in [2.75, 3.05) is 0 Å². The van der Waals surface area contributed by atoms with Crippen molar-refractivity contribution in [2.24, 2.45) is 0 Å². The number of para-hydroxylation sites is 1. The quantitative estimate of drug-likeness (QED) is 0.602. The average molecular weight is 262 g/mol. The van der Waals surface area contributed by atoms with Crippen molar-refractivity contribution in [1.29, 1.82) is 0 Å². The van der Waals surface area contributed by atoms with E-state index in [2.05, 4.69) is 20.1 Å². The monoisotopic (exact) mass is 262 g/mol. The van der Waals surface area contributed by atoms with Crippen molar-refractivity contribution in [1.82, 2.24) is 20.1 Å². The van der Waals surface area contributed by atoms with Crippen molar-refractivity contribution in [3.8, 4) is 23.0 Å². The summed E-state index contributed by atoms with van der Waals surface area (Å²) in [6, 6.07) is 13.6. The van der Waals surface area contributed by atoms with Crippen molar-refractivity contribution in [3.63, 3.8) is 0 Å². The van der Waals surface area contributed by atoms with Crippen LogP contribution in [0.5, 0.6) is 0 Å². The molecular formula is C15H10N4O. The molecule has 0 spiro atoms. The summed E-state index contributed by atoms with van der Waals surface area (Å²) in [4.78, 5) is 11.8. The molecule has 4 aromatic rings. The van der Waals surface area contributed by atoms with Gasteiger partial charge < -0.3 is 9.51 Å². The molecule has 0 aliphatic rings. The first-order chi connectivity index (χ1) is 9.92. The summed E-state index contributed by atoms with van der Waals surface area (Å²) in [5, 5.41) is 5.05. The molecule has 0 saturated carbocycles. The topological polar surface area (TPSA) is 67.6 Å². The van der Waals surface area contributed by atoms with Gasteiger partial charge in [-0.3, -0.25) is 4.98 Å². The van der Waals surface area contributed by atoms with Crippen LogP contribution in [0.25, 0.3) is 33.9 Å². The molecule has 1 aromatic carbocycles. The molecule has 20 heavy (non-hydrogen) atoms. The van der Waals surface area contributed by atoms with Crippen LogP contribution in [0.3, 0.4) is 0 Å². The minimum absolute atomic E-state index is 0.489. The molecule has 1 N–H and O–H groups in total. The molecule has 0 amide bonds. The highest BCUT2D eigenvalue weighted by Crippen LogP contribution is 2.28. The van der Waals surface area contributed by atoms with Crippen LogP contribution in [0.4, 0.5) is 0 Å². The van der Waals surface area contributed by atoms with Crippen LogP contribution in [-0.4, -0.2) is 20.1 Å². The number of pyridine rings is 1. The Morgan fingerprint density at radius 3 is 2.80 bits per heavy atom. The third kappa shape index (κ3) is 1.68. The zero-order valence-electron chi connectivity index (χ0n) is 10.4. The molecule has 0 saturated heterocycles. The summed E-state index contributed by atoms with van der Waals surface area (Å²) < 4.78 is 5.35.